The Labute approximate surface area is 128 Å². The molecule has 0 bridgehead atoms. The summed E-state index contributed by atoms with van der Waals surface area (Å²) in [7, 11) is 1.66. The molecule has 0 spiro atoms. The molecular weight excluding hydrogens is 320 g/mol. The van der Waals surface area contributed by atoms with Crippen LogP contribution in [0.5, 0.6) is 5.75 Å². The van der Waals surface area contributed by atoms with Gasteiger partial charge in [0, 0.05) is 25.0 Å². The Balaban J connectivity index is 1.74. The third kappa shape index (κ3) is 4.21. The number of hydrogen-bond acceptors (Lipinski definition) is 3. The lowest BCUT2D eigenvalue weighted by Crippen LogP contribution is -2.33. The van der Waals surface area contributed by atoms with Gasteiger partial charge >= 0.3 is 0 Å². The molecule has 0 saturated heterocycles. The molecule has 1 unspecified atom stereocenters. The van der Waals surface area contributed by atoms with E-state index in [0.717, 1.165) is 29.6 Å². The monoisotopic (exact) mass is 340 g/mol. The van der Waals surface area contributed by atoms with E-state index in [2.05, 4.69) is 39.6 Å². The summed E-state index contributed by atoms with van der Waals surface area (Å²) in [5.41, 5.74) is 1.19. The Morgan fingerprint density at radius 1 is 1.45 bits per heavy atom. The van der Waals surface area contributed by atoms with Crippen LogP contribution in [0.15, 0.2) is 22.7 Å². The minimum absolute atomic E-state index is 0.201. The zero-order valence-corrected chi connectivity index (χ0v) is 13.5. The quantitative estimate of drug-likeness (QED) is 0.750. The number of ether oxygens (including phenoxy) is 1. The molecule has 20 heavy (non-hydrogen) atoms. The second kappa shape index (κ2) is 7.09. The lowest BCUT2D eigenvalue weighted by atomic mass is 10.1. The first kappa shape index (κ1) is 15.3. The highest BCUT2D eigenvalue weighted by molar-refractivity contribution is 9.10. The molecule has 1 aliphatic carbocycles. The Kier molecular flexibility index (Phi) is 5.43. The van der Waals surface area contributed by atoms with Crippen LogP contribution in [0.1, 0.15) is 31.4 Å². The summed E-state index contributed by atoms with van der Waals surface area (Å²) in [6.07, 6.45) is 2.10. The van der Waals surface area contributed by atoms with E-state index in [0.29, 0.717) is 6.54 Å². The van der Waals surface area contributed by atoms with E-state index in [1.165, 1.54) is 5.56 Å². The molecule has 1 aromatic rings. The summed E-state index contributed by atoms with van der Waals surface area (Å²) >= 11 is 3.49. The number of methoxy groups -OCH3 is 1. The molecule has 4 nitrogen and oxygen atoms in total. The maximum Gasteiger partial charge on any atom is 0.223 e. The first-order valence-corrected chi connectivity index (χ1v) is 7.75. The van der Waals surface area contributed by atoms with Gasteiger partial charge in [-0.2, -0.15) is 0 Å². The predicted octanol–water partition coefficient (Wildman–Crippen LogP) is 2.63. The van der Waals surface area contributed by atoms with Crippen molar-refractivity contribution in [1.82, 2.24) is 10.6 Å². The molecule has 1 amide bonds. The minimum Gasteiger partial charge on any atom is -0.496 e. The van der Waals surface area contributed by atoms with E-state index in [4.69, 9.17) is 4.74 Å². The average Bonchev–Trinajstić information content (AvgIpc) is 3.27. The highest BCUT2D eigenvalue weighted by atomic mass is 79.9. The number of nitrogens with one attached hydrogen (secondary N) is 2. The van der Waals surface area contributed by atoms with E-state index in [1.807, 2.05) is 12.1 Å². The zero-order valence-electron chi connectivity index (χ0n) is 11.9. The van der Waals surface area contributed by atoms with E-state index in [-0.39, 0.29) is 17.9 Å². The fourth-order valence-corrected chi connectivity index (χ4v) is 2.59. The van der Waals surface area contributed by atoms with Gasteiger partial charge in [0.25, 0.3) is 0 Å². The van der Waals surface area contributed by atoms with E-state index in [9.17, 15) is 4.79 Å². The van der Waals surface area contributed by atoms with Crippen LogP contribution in [0.25, 0.3) is 0 Å². The van der Waals surface area contributed by atoms with E-state index in [1.54, 1.807) is 7.11 Å². The van der Waals surface area contributed by atoms with Gasteiger partial charge in [-0.05, 0) is 53.4 Å². The Morgan fingerprint density at radius 2 is 2.20 bits per heavy atom. The maximum absolute atomic E-state index is 11.5. The molecule has 0 radical (unpaired) electrons. The largest absolute Gasteiger partial charge is 0.496 e. The Morgan fingerprint density at radius 3 is 2.80 bits per heavy atom. The van der Waals surface area contributed by atoms with Gasteiger partial charge in [-0.3, -0.25) is 4.79 Å². The number of carbonyl (C=O) groups is 1. The lowest BCUT2D eigenvalue weighted by Gasteiger charge is -2.16. The molecule has 110 valence electrons. The van der Waals surface area contributed by atoms with Crippen molar-refractivity contribution in [2.45, 2.75) is 25.8 Å². The van der Waals surface area contributed by atoms with Crippen LogP contribution >= 0.6 is 15.9 Å². The average molecular weight is 341 g/mol. The minimum atomic E-state index is 0.201. The van der Waals surface area contributed by atoms with Gasteiger partial charge in [0.1, 0.15) is 5.75 Å². The molecule has 1 aliphatic rings. The van der Waals surface area contributed by atoms with E-state index < -0.39 is 0 Å². The van der Waals surface area contributed by atoms with Crippen LogP contribution in [0.2, 0.25) is 0 Å². The zero-order chi connectivity index (χ0) is 14.5. The van der Waals surface area contributed by atoms with Crippen LogP contribution in [0, 0.1) is 5.92 Å². The number of hydrogen-bond donors (Lipinski definition) is 2. The molecule has 5 heteroatoms. The Hall–Kier alpha value is -1.07. The van der Waals surface area contributed by atoms with Crippen molar-refractivity contribution >= 4 is 21.8 Å². The summed E-state index contributed by atoms with van der Waals surface area (Å²) in [5.74, 6) is 1.31. The highest BCUT2D eigenvalue weighted by Crippen LogP contribution is 2.29. The molecular formula is C15H21BrN2O2. The maximum atomic E-state index is 11.5. The molecule has 1 aromatic carbocycles. The summed E-state index contributed by atoms with van der Waals surface area (Å²) in [6, 6.07) is 6.28. The standard InChI is InChI=1S/C15H21BrN2O2/c1-10(12-5-6-14(20-2)13(16)9-12)17-7-8-18-15(19)11-3-4-11/h5-6,9-11,17H,3-4,7-8H2,1-2H3,(H,18,19). The van der Waals surface area contributed by atoms with Crippen LogP contribution in [0.4, 0.5) is 0 Å². The molecule has 0 aliphatic heterocycles. The third-order valence-corrected chi connectivity index (χ3v) is 4.12. The van der Waals surface area contributed by atoms with Crippen molar-refractivity contribution in [3.8, 4) is 5.75 Å². The molecule has 1 atom stereocenters. The molecule has 1 fully saturated rings. The Bertz CT molecular complexity index is 475. The van der Waals surface area contributed by atoms with Gasteiger partial charge in [0.2, 0.25) is 5.91 Å². The van der Waals surface area contributed by atoms with Crippen molar-refractivity contribution in [3.05, 3.63) is 28.2 Å². The van der Waals surface area contributed by atoms with Gasteiger partial charge in [0.15, 0.2) is 0 Å². The SMILES string of the molecule is COc1ccc(C(C)NCCNC(=O)C2CC2)cc1Br. The smallest absolute Gasteiger partial charge is 0.223 e. The van der Waals surface area contributed by atoms with E-state index >= 15 is 0 Å². The molecule has 0 aromatic heterocycles. The van der Waals surface area contributed by atoms with Gasteiger partial charge in [0.05, 0.1) is 11.6 Å². The van der Waals surface area contributed by atoms with Crippen molar-refractivity contribution < 1.29 is 9.53 Å². The van der Waals surface area contributed by atoms with Gasteiger partial charge in [-0.15, -0.1) is 0 Å². The number of amides is 1. The highest BCUT2D eigenvalue weighted by Gasteiger charge is 2.28. The summed E-state index contributed by atoms with van der Waals surface area (Å²) in [6.45, 7) is 3.55. The number of carbonyl (C=O) groups excluding carboxylic acids is 1. The van der Waals surface area contributed by atoms with Crippen molar-refractivity contribution in [2.24, 2.45) is 5.92 Å². The van der Waals surface area contributed by atoms with Crippen LogP contribution in [-0.4, -0.2) is 26.1 Å². The second-order valence-electron chi connectivity index (χ2n) is 5.14. The molecule has 1 saturated carbocycles. The number of benzene rings is 1. The second-order valence-corrected chi connectivity index (χ2v) is 5.99. The predicted molar refractivity (Wildman–Crippen MR) is 82.8 cm³/mol. The van der Waals surface area contributed by atoms with Crippen molar-refractivity contribution in [2.75, 3.05) is 20.2 Å². The van der Waals surface area contributed by atoms with Gasteiger partial charge in [-0.1, -0.05) is 6.07 Å². The summed E-state index contributed by atoms with van der Waals surface area (Å²) < 4.78 is 6.17. The first-order chi connectivity index (χ1) is 9.61. The molecule has 2 N–H and O–H groups in total. The normalized spacial score (nSPS) is 15.8. The lowest BCUT2D eigenvalue weighted by molar-refractivity contribution is -0.122. The summed E-state index contributed by atoms with van der Waals surface area (Å²) in [5, 5.41) is 6.35. The van der Waals surface area contributed by atoms with Gasteiger partial charge < -0.3 is 15.4 Å². The molecule has 2 rings (SSSR count). The first-order valence-electron chi connectivity index (χ1n) is 6.96. The van der Waals surface area contributed by atoms with Crippen molar-refractivity contribution in [3.63, 3.8) is 0 Å². The summed E-state index contributed by atoms with van der Waals surface area (Å²) in [4.78, 5) is 11.5. The van der Waals surface area contributed by atoms with Crippen LogP contribution < -0.4 is 15.4 Å². The molecule has 0 heterocycles. The van der Waals surface area contributed by atoms with Gasteiger partial charge in [-0.25, -0.2) is 0 Å². The third-order valence-electron chi connectivity index (χ3n) is 3.50. The fourth-order valence-electron chi connectivity index (χ4n) is 2.03. The number of halogens is 1. The topological polar surface area (TPSA) is 50.4 Å². The number of rotatable bonds is 7. The van der Waals surface area contributed by atoms with Crippen LogP contribution in [0.3, 0.4) is 0 Å². The fraction of sp³-hybridized carbons (Fsp3) is 0.533. The van der Waals surface area contributed by atoms with Crippen LogP contribution in [-0.2, 0) is 4.79 Å². The van der Waals surface area contributed by atoms with Crippen molar-refractivity contribution in [1.29, 1.82) is 0 Å².